The standard InChI is InChI=1S/C13H24N4S/c1-3-14-12(2)4-6-16-7-9-17(10-8-16)13-15-5-11-18-13/h5,11-12,14H,3-4,6-10H2,1-2H3. The summed E-state index contributed by atoms with van der Waals surface area (Å²) in [5.41, 5.74) is 0. The molecule has 2 heterocycles. The largest absolute Gasteiger partial charge is 0.346 e. The van der Waals surface area contributed by atoms with Crippen LogP contribution in [0.5, 0.6) is 0 Å². The number of piperazine rings is 1. The highest BCUT2D eigenvalue weighted by atomic mass is 32.1. The smallest absolute Gasteiger partial charge is 0.185 e. The van der Waals surface area contributed by atoms with E-state index in [1.54, 1.807) is 11.3 Å². The summed E-state index contributed by atoms with van der Waals surface area (Å²) in [4.78, 5) is 9.34. The number of hydrogen-bond donors (Lipinski definition) is 1. The molecule has 18 heavy (non-hydrogen) atoms. The van der Waals surface area contributed by atoms with Crippen molar-refractivity contribution in [3.63, 3.8) is 0 Å². The molecule has 0 radical (unpaired) electrons. The molecule has 1 saturated heterocycles. The third-order valence-electron chi connectivity index (χ3n) is 3.49. The van der Waals surface area contributed by atoms with E-state index in [-0.39, 0.29) is 0 Å². The molecule has 1 N–H and O–H groups in total. The first kappa shape index (κ1) is 13.8. The minimum Gasteiger partial charge on any atom is -0.346 e. The molecule has 4 nitrogen and oxygen atoms in total. The summed E-state index contributed by atoms with van der Waals surface area (Å²) >= 11 is 1.74. The maximum atomic E-state index is 4.38. The quantitative estimate of drug-likeness (QED) is 0.850. The maximum Gasteiger partial charge on any atom is 0.185 e. The molecule has 0 aliphatic carbocycles. The Bertz CT molecular complexity index is 320. The fraction of sp³-hybridized carbons (Fsp3) is 0.769. The lowest BCUT2D eigenvalue weighted by Gasteiger charge is -2.35. The van der Waals surface area contributed by atoms with Crippen molar-refractivity contribution in [2.24, 2.45) is 0 Å². The molecule has 0 spiro atoms. The summed E-state index contributed by atoms with van der Waals surface area (Å²) in [5.74, 6) is 0. The Morgan fingerprint density at radius 2 is 2.17 bits per heavy atom. The van der Waals surface area contributed by atoms with E-state index in [0.717, 1.165) is 19.6 Å². The van der Waals surface area contributed by atoms with Gasteiger partial charge in [-0.3, -0.25) is 4.90 Å². The number of hydrogen-bond acceptors (Lipinski definition) is 5. The molecule has 0 aromatic carbocycles. The Hall–Kier alpha value is -0.650. The van der Waals surface area contributed by atoms with Gasteiger partial charge in [0.15, 0.2) is 5.13 Å². The van der Waals surface area contributed by atoms with Crippen molar-refractivity contribution < 1.29 is 0 Å². The summed E-state index contributed by atoms with van der Waals surface area (Å²) in [6.07, 6.45) is 3.13. The summed E-state index contributed by atoms with van der Waals surface area (Å²) in [7, 11) is 0. The molecular formula is C13H24N4S. The third-order valence-corrected chi connectivity index (χ3v) is 4.33. The van der Waals surface area contributed by atoms with Crippen molar-refractivity contribution in [2.45, 2.75) is 26.3 Å². The Balaban J connectivity index is 1.67. The van der Waals surface area contributed by atoms with E-state index in [1.807, 2.05) is 6.20 Å². The second kappa shape index (κ2) is 7.07. The molecule has 1 aromatic heterocycles. The normalized spacial score (nSPS) is 19.1. The summed E-state index contributed by atoms with van der Waals surface area (Å²) in [6.45, 7) is 11.3. The van der Waals surface area contributed by atoms with Gasteiger partial charge in [-0.15, -0.1) is 11.3 Å². The van der Waals surface area contributed by atoms with E-state index in [2.05, 4.69) is 39.3 Å². The number of anilines is 1. The fourth-order valence-electron chi connectivity index (χ4n) is 2.36. The van der Waals surface area contributed by atoms with Crippen LogP contribution in [0.15, 0.2) is 11.6 Å². The van der Waals surface area contributed by atoms with E-state index < -0.39 is 0 Å². The molecule has 2 rings (SSSR count). The second-order valence-electron chi connectivity index (χ2n) is 4.89. The van der Waals surface area contributed by atoms with Crippen molar-refractivity contribution in [3.8, 4) is 0 Å². The second-order valence-corrected chi connectivity index (χ2v) is 5.76. The van der Waals surface area contributed by atoms with E-state index in [9.17, 15) is 0 Å². The minimum atomic E-state index is 0.631. The molecule has 1 atom stereocenters. The van der Waals surface area contributed by atoms with Crippen LogP contribution in [0.4, 0.5) is 5.13 Å². The van der Waals surface area contributed by atoms with Crippen molar-refractivity contribution in [3.05, 3.63) is 11.6 Å². The Labute approximate surface area is 114 Å². The van der Waals surface area contributed by atoms with Crippen LogP contribution in [0.3, 0.4) is 0 Å². The van der Waals surface area contributed by atoms with Gasteiger partial charge in [0.2, 0.25) is 0 Å². The highest BCUT2D eigenvalue weighted by Crippen LogP contribution is 2.18. The monoisotopic (exact) mass is 268 g/mol. The third kappa shape index (κ3) is 3.93. The van der Waals surface area contributed by atoms with Crippen LogP contribution < -0.4 is 10.2 Å². The first-order chi connectivity index (χ1) is 8.79. The number of nitrogens with one attached hydrogen (secondary N) is 1. The van der Waals surface area contributed by atoms with Gasteiger partial charge in [-0.25, -0.2) is 4.98 Å². The van der Waals surface area contributed by atoms with Crippen molar-refractivity contribution in [2.75, 3.05) is 44.2 Å². The van der Waals surface area contributed by atoms with Gasteiger partial charge < -0.3 is 10.2 Å². The molecular weight excluding hydrogens is 244 g/mol. The van der Waals surface area contributed by atoms with Crippen molar-refractivity contribution >= 4 is 16.5 Å². The highest BCUT2D eigenvalue weighted by Gasteiger charge is 2.18. The van der Waals surface area contributed by atoms with E-state index in [4.69, 9.17) is 0 Å². The van der Waals surface area contributed by atoms with Gasteiger partial charge in [0.1, 0.15) is 0 Å². The fourth-order valence-corrected chi connectivity index (χ4v) is 3.06. The van der Waals surface area contributed by atoms with Gasteiger partial charge in [0.25, 0.3) is 0 Å². The molecule has 1 aliphatic rings. The van der Waals surface area contributed by atoms with Crippen LogP contribution in [-0.4, -0.2) is 55.2 Å². The van der Waals surface area contributed by atoms with Crippen molar-refractivity contribution in [1.29, 1.82) is 0 Å². The van der Waals surface area contributed by atoms with Gasteiger partial charge in [0, 0.05) is 43.8 Å². The van der Waals surface area contributed by atoms with E-state index >= 15 is 0 Å². The molecule has 1 aromatic rings. The van der Waals surface area contributed by atoms with Crippen LogP contribution in [0.1, 0.15) is 20.3 Å². The average molecular weight is 268 g/mol. The molecule has 0 bridgehead atoms. The van der Waals surface area contributed by atoms with E-state index in [1.165, 1.54) is 31.2 Å². The van der Waals surface area contributed by atoms with Crippen LogP contribution in [0.2, 0.25) is 0 Å². The maximum absolute atomic E-state index is 4.38. The number of thiazole rings is 1. The first-order valence-corrected chi connectivity index (χ1v) is 7.77. The lowest BCUT2D eigenvalue weighted by Crippen LogP contribution is -2.47. The Morgan fingerprint density at radius 1 is 1.39 bits per heavy atom. The van der Waals surface area contributed by atoms with E-state index in [0.29, 0.717) is 6.04 Å². The van der Waals surface area contributed by atoms with Gasteiger partial charge in [-0.05, 0) is 26.4 Å². The molecule has 102 valence electrons. The van der Waals surface area contributed by atoms with Crippen LogP contribution in [0.25, 0.3) is 0 Å². The predicted octanol–water partition coefficient (Wildman–Crippen LogP) is 1.65. The zero-order chi connectivity index (χ0) is 12.8. The molecule has 1 aliphatic heterocycles. The molecule has 5 heteroatoms. The van der Waals surface area contributed by atoms with Gasteiger partial charge in [-0.2, -0.15) is 0 Å². The zero-order valence-electron chi connectivity index (χ0n) is 11.4. The van der Waals surface area contributed by atoms with Crippen LogP contribution in [-0.2, 0) is 0 Å². The summed E-state index contributed by atoms with van der Waals surface area (Å²) < 4.78 is 0. The average Bonchev–Trinajstić information content (AvgIpc) is 2.91. The van der Waals surface area contributed by atoms with Crippen LogP contribution >= 0.6 is 11.3 Å². The number of aromatic nitrogens is 1. The van der Waals surface area contributed by atoms with Gasteiger partial charge in [0.05, 0.1) is 0 Å². The summed E-state index contributed by atoms with van der Waals surface area (Å²) in [6, 6.07) is 0.631. The Kier molecular flexibility index (Phi) is 5.41. The lowest BCUT2D eigenvalue weighted by atomic mass is 10.2. The highest BCUT2D eigenvalue weighted by molar-refractivity contribution is 7.13. The van der Waals surface area contributed by atoms with Crippen molar-refractivity contribution in [1.82, 2.24) is 15.2 Å². The number of nitrogens with zero attached hydrogens (tertiary/aromatic N) is 3. The molecule has 1 fully saturated rings. The van der Waals surface area contributed by atoms with Gasteiger partial charge >= 0.3 is 0 Å². The topological polar surface area (TPSA) is 31.4 Å². The predicted molar refractivity (Wildman–Crippen MR) is 78.5 cm³/mol. The SMILES string of the molecule is CCNC(C)CCN1CCN(c2nccs2)CC1. The lowest BCUT2D eigenvalue weighted by molar-refractivity contribution is 0.245. The molecule has 0 saturated carbocycles. The summed E-state index contributed by atoms with van der Waals surface area (Å²) in [5, 5.41) is 6.70. The first-order valence-electron chi connectivity index (χ1n) is 6.89. The van der Waals surface area contributed by atoms with Gasteiger partial charge in [-0.1, -0.05) is 6.92 Å². The number of rotatable bonds is 6. The molecule has 0 amide bonds. The zero-order valence-corrected chi connectivity index (χ0v) is 12.2. The molecule has 1 unspecified atom stereocenters. The Morgan fingerprint density at radius 3 is 2.78 bits per heavy atom. The van der Waals surface area contributed by atoms with Crippen LogP contribution in [0, 0.1) is 0 Å². The minimum absolute atomic E-state index is 0.631.